The van der Waals surface area contributed by atoms with E-state index in [1.165, 1.54) is 12.1 Å². The molecule has 1 saturated heterocycles. The van der Waals surface area contributed by atoms with Crippen molar-refractivity contribution in [2.24, 2.45) is 4.99 Å². The van der Waals surface area contributed by atoms with Crippen molar-refractivity contribution in [3.63, 3.8) is 0 Å². The summed E-state index contributed by atoms with van der Waals surface area (Å²) in [5.41, 5.74) is 2.94. The Kier molecular flexibility index (Phi) is 5.01. The van der Waals surface area contributed by atoms with Crippen molar-refractivity contribution in [3.05, 3.63) is 59.9 Å². The summed E-state index contributed by atoms with van der Waals surface area (Å²) in [6.45, 7) is 6.90. The summed E-state index contributed by atoms with van der Waals surface area (Å²) >= 11 is 0. The van der Waals surface area contributed by atoms with E-state index in [1.54, 1.807) is 0 Å². The van der Waals surface area contributed by atoms with Gasteiger partial charge in [0.05, 0.1) is 37.6 Å². The third-order valence-corrected chi connectivity index (χ3v) is 6.38. The Morgan fingerprint density at radius 2 is 1.78 bits per heavy atom. The topological polar surface area (TPSA) is 61.2 Å². The van der Waals surface area contributed by atoms with E-state index in [0.717, 1.165) is 74.6 Å². The van der Waals surface area contributed by atoms with Gasteiger partial charge in [0.1, 0.15) is 12.0 Å². The highest BCUT2D eigenvalue weighted by Gasteiger charge is 2.35. The van der Waals surface area contributed by atoms with Crippen LogP contribution < -0.4 is 10.2 Å². The van der Waals surface area contributed by atoms with Gasteiger partial charge in [-0.15, -0.1) is 0 Å². The van der Waals surface area contributed by atoms with E-state index in [2.05, 4.69) is 30.6 Å². The fourth-order valence-electron chi connectivity index (χ4n) is 4.64. The number of halogens is 1. The number of aromatic nitrogens is 2. The first kappa shape index (κ1) is 19.7. The zero-order chi connectivity index (χ0) is 21.5. The molecule has 1 aromatic heterocycles. The van der Waals surface area contributed by atoms with Crippen LogP contribution in [0.4, 0.5) is 10.3 Å². The number of para-hydroxylation sites is 2. The zero-order valence-electron chi connectivity index (χ0n) is 17.8. The van der Waals surface area contributed by atoms with Crippen molar-refractivity contribution < 1.29 is 9.13 Å². The number of ether oxygens (including phenoxy) is 1. The molecule has 1 N–H and O–H groups in total. The van der Waals surface area contributed by atoms with Crippen molar-refractivity contribution in [2.45, 2.75) is 6.17 Å². The molecule has 0 amide bonds. The lowest BCUT2D eigenvalue weighted by molar-refractivity contribution is 0.0334. The molecule has 6 rings (SSSR count). The SMILES string of the molecule is Fc1ccc([C@@H]2NC3=NCN(CCN4CCOCC4)CN3c3nc4ccccc4n32)cc1. The van der Waals surface area contributed by atoms with Crippen LogP contribution in [-0.2, 0) is 4.74 Å². The van der Waals surface area contributed by atoms with Crippen molar-refractivity contribution in [1.82, 2.24) is 24.7 Å². The van der Waals surface area contributed by atoms with E-state index in [1.807, 2.05) is 30.3 Å². The van der Waals surface area contributed by atoms with Crippen LogP contribution in [0.5, 0.6) is 0 Å². The van der Waals surface area contributed by atoms with Gasteiger partial charge in [0.15, 0.2) is 0 Å². The Morgan fingerprint density at radius 1 is 1.00 bits per heavy atom. The average molecular weight is 436 g/mol. The number of fused-ring (bicyclic) bond motifs is 5. The van der Waals surface area contributed by atoms with Gasteiger partial charge in [-0.25, -0.2) is 14.4 Å². The molecule has 3 aromatic rings. The van der Waals surface area contributed by atoms with Crippen molar-refractivity contribution >= 4 is 22.9 Å². The lowest BCUT2D eigenvalue weighted by Crippen LogP contribution is -2.58. The maximum atomic E-state index is 13.6. The Hall–Kier alpha value is -3.01. The van der Waals surface area contributed by atoms with Crippen molar-refractivity contribution in [1.29, 1.82) is 0 Å². The number of nitrogens with one attached hydrogen (secondary N) is 1. The van der Waals surface area contributed by atoms with Crippen LogP contribution in [0.3, 0.4) is 0 Å². The third-order valence-electron chi connectivity index (χ3n) is 6.38. The van der Waals surface area contributed by atoms with Gasteiger partial charge in [0.25, 0.3) is 0 Å². The number of hydrogen-bond acceptors (Lipinski definition) is 7. The monoisotopic (exact) mass is 435 g/mol. The van der Waals surface area contributed by atoms with Gasteiger partial charge in [0, 0.05) is 26.2 Å². The van der Waals surface area contributed by atoms with Gasteiger partial charge in [-0.1, -0.05) is 24.3 Å². The number of morpholine rings is 1. The van der Waals surface area contributed by atoms with Crippen LogP contribution in [-0.4, -0.2) is 78.0 Å². The van der Waals surface area contributed by atoms with Crippen molar-refractivity contribution in [2.75, 3.05) is 57.6 Å². The summed E-state index contributed by atoms with van der Waals surface area (Å²) < 4.78 is 21.2. The van der Waals surface area contributed by atoms with Gasteiger partial charge in [-0.05, 0) is 29.8 Å². The molecule has 8 nitrogen and oxygen atoms in total. The molecule has 3 aliphatic rings. The molecule has 2 aromatic carbocycles. The number of guanidine groups is 1. The number of aliphatic imine (C=N–C) groups is 1. The van der Waals surface area contributed by atoms with Crippen LogP contribution in [0.15, 0.2) is 53.5 Å². The standard InChI is InChI=1S/C23H26FN7O/c24-18-7-5-17(6-8-18)21-27-22-25-15-29(10-9-28-11-13-32-14-12-28)16-30(22)23-26-19-3-1-2-4-20(19)31(21)23/h1-8,21H,9-16H2,(H,25,27)/t21-/m1/s1. The van der Waals surface area contributed by atoms with Gasteiger partial charge < -0.3 is 10.1 Å². The zero-order valence-corrected chi connectivity index (χ0v) is 17.8. The summed E-state index contributed by atoms with van der Waals surface area (Å²) in [5, 5.41) is 3.57. The minimum atomic E-state index is -0.243. The van der Waals surface area contributed by atoms with Gasteiger partial charge in [0.2, 0.25) is 11.9 Å². The normalized spacial score (nSPS) is 21.7. The highest BCUT2D eigenvalue weighted by atomic mass is 19.1. The number of imidazole rings is 1. The Balaban J connectivity index is 1.32. The van der Waals surface area contributed by atoms with E-state index >= 15 is 0 Å². The summed E-state index contributed by atoms with van der Waals surface area (Å²) in [6.07, 6.45) is -0.201. The molecular weight excluding hydrogens is 409 g/mol. The lowest BCUT2D eigenvalue weighted by Gasteiger charge is -2.42. The molecular formula is C23H26FN7O. The van der Waals surface area contributed by atoms with E-state index in [-0.39, 0.29) is 12.0 Å². The second kappa shape index (κ2) is 8.16. The minimum Gasteiger partial charge on any atom is -0.379 e. The predicted octanol–water partition coefficient (Wildman–Crippen LogP) is 2.05. The molecule has 0 saturated carbocycles. The smallest absolute Gasteiger partial charge is 0.216 e. The maximum Gasteiger partial charge on any atom is 0.216 e. The second-order valence-corrected chi connectivity index (χ2v) is 8.41. The molecule has 3 aliphatic heterocycles. The van der Waals surface area contributed by atoms with E-state index in [9.17, 15) is 4.39 Å². The molecule has 0 radical (unpaired) electrons. The lowest BCUT2D eigenvalue weighted by atomic mass is 10.1. The second-order valence-electron chi connectivity index (χ2n) is 8.41. The van der Waals surface area contributed by atoms with Crippen LogP contribution in [0.1, 0.15) is 11.7 Å². The number of benzene rings is 2. The van der Waals surface area contributed by atoms with Crippen LogP contribution >= 0.6 is 0 Å². The first-order valence-corrected chi connectivity index (χ1v) is 11.1. The molecule has 1 atom stereocenters. The summed E-state index contributed by atoms with van der Waals surface area (Å²) in [4.78, 5) is 16.7. The van der Waals surface area contributed by atoms with Gasteiger partial charge >= 0.3 is 0 Å². The van der Waals surface area contributed by atoms with E-state index in [0.29, 0.717) is 6.67 Å². The Morgan fingerprint density at radius 3 is 2.62 bits per heavy atom. The quantitative estimate of drug-likeness (QED) is 0.677. The van der Waals surface area contributed by atoms with E-state index < -0.39 is 0 Å². The summed E-state index contributed by atoms with van der Waals surface area (Å²) in [6, 6.07) is 14.8. The molecule has 4 heterocycles. The molecule has 0 bridgehead atoms. The van der Waals surface area contributed by atoms with Crippen LogP contribution in [0.2, 0.25) is 0 Å². The summed E-state index contributed by atoms with van der Waals surface area (Å²) in [5.74, 6) is 1.42. The summed E-state index contributed by atoms with van der Waals surface area (Å²) in [7, 11) is 0. The molecule has 0 unspecified atom stereocenters. The molecule has 0 aliphatic carbocycles. The minimum absolute atomic E-state index is 0.201. The molecule has 166 valence electrons. The number of rotatable bonds is 4. The fourth-order valence-corrected chi connectivity index (χ4v) is 4.64. The molecule has 0 spiro atoms. The van der Waals surface area contributed by atoms with E-state index in [4.69, 9.17) is 14.7 Å². The van der Waals surface area contributed by atoms with Gasteiger partial charge in [-0.3, -0.25) is 19.3 Å². The molecule has 9 heteroatoms. The maximum absolute atomic E-state index is 13.6. The highest BCUT2D eigenvalue weighted by Crippen LogP contribution is 2.33. The molecule has 32 heavy (non-hydrogen) atoms. The number of nitrogens with zero attached hydrogens (tertiary/aromatic N) is 6. The first-order chi connectivity index (χ1) is 15.8. The Labute approximate surface area is 185 Å². The number of anilines is 1. The van der Waals surface area contributed by atoms with Crippen LogP contribution in [0.25, 0.3) is 11.0 Å². The van der Waals surface area contributed by atoms with Crippen molar-refractivity contribution in [3.8, 4) is 0 Å². The largest absolute Gasteiger partial charge is 0.379 e. The number of hydrogen-bond donors (Lipinski definition) is 1. The van der Waals surface area contributed by atoms with Crippen LogP contribution in [0, 0.1) is 5.82 Å². The third kappa shape index (κ3) is 3.52. The highest BCUT2D eigenvalue weighted by molar-refractivity contribution is 5.98. The Bertz CT molecular complexity index is 1140. The predicted molar refractivity (Wildman–Crippen MR) is 121 cm³/mol. The first-order valence-electron chi connectivity index (χ1n) is 11.1. The molecule has 1 fully saturated rings. The average Bonchev–Trinajstić information content (AvgIpc) is 3.23. The fraction of sp³-hybridized carbons (Fsp3) is 0.391. The van der Waals surface area contributed by atoms with Gasteiger partial charge in [-0.2, -0.15) is 0 Å².